The molecular weight excluding hydrogens is 186 g/mol. The SMILES string of the molecule is CCC(=O)ON1C(=O)OCC1C(C)C. The summed E-state index contributed by atoms with van der Waals surface area (Å²) < 4.78 is 4.79. The molecule has 0 spiro atoms. The molecule has 5 heteroatoms. The number of amides is 1. The third-order valence-corrected chi connectivity index (χ3v) is 2.12. The van der Waals surface area contributed by atoms with Gasteiger partial charge < -0.3 is 9.57 Å². The molecule has 1 rings (SSSR count). The van der Waals surface area contributed by atoms with E-state index >= 15 is 0 Å². The largest absolute Gasteiger partial charge is 0.445 e. The number of rotatable bonds is 3. The molecule has 0 radical (unpaired) electrons. The average Bonchev–Trinajstić information content (AvgIpc) is 2.48. The number of hydrogen-bond donors (Lipinski definition) is 0. The highest BCUT2D eigenvalue weighted by molar-refractivity contribution is 5.74. The van der Waals surface area contributed by atoms with Gasteiger partial charge in [0, 0.05) is 6.42 Å². The van der Waals surface area contributed by atoms with Crippen molar-refractivity contribution in [2.45, 2.75) is 33.2 Å². The Labute approximate surface area is 82.9 Å². The zero-order valence-corrected chi connectivity index (χ0v) is 8.65. The van der Waals surface area contributed by atoms with Crippen LogP contribution in [0.4, 0.5) is 4.79 Å². The third kappa shape index (κ3) is 2.16. The number of nitrogens with zero attached hydrogens (tertiary/aromatic N) is 1. The summed E-state index contributed by atoms with van der Waals surface area (Å²) in [6, 6.07) is -0.169. The van der Waals surface area contributed by atoms with Crippen molar-refractivity contribution in [2.75, 3.05) is 6.61 Å². The Morgan fingerprint density at radius 3 is 2.86 bits per heavy atom. The maximum Gasteiger partial charge on any atom is 0.443 e. The van der Waals surface area contributed by atoms with Gasteiger partial charge in [0.05, 0.1) is 0 Å². The first-order valence-electron chi connectivity index (χ1n) is 4.73. The van der Waals surface area contributed by atoms with Gasteiger partial charge in [0.15, 0.2) is 0 Å². The van der Waals surface area contributed by atoms with E-state index in [0.717, 1.165) is 5.06 Å². The second kappa shape index (κ2) is 4.30. The Morgan fingerprint density at radius 1 is 1.71 bits per heavy atom. The van der Waals surface area contributed by atoms with Gasteiger partial charge in [0.2, 0.25) is 0 Å². The van der Waals surface area contributed by atoms with Gasteiger partial charge in [-0.05, 0) is 5.92 Å². The minimum atomic E-state index is -0.578. The molecule has 1 aliphatic heterocycles. The van der Waals surface area contributed by atoms with Gasteiger partial charge in [-0.25, -0.2) is 9.59 Å². The number of cyclic esters (lactones) is 1. The van der Waals surface area contributed by atoms with Crippen molar-refractivity contribution >= 4 is 12.1 Å². The standard InChI is InChI=1S/C9H15NO4/c1-4-8(11)14-10-7(6(2)3)5-13-9(10)12/h6-7H,4-5H2,1-3H3. The molecule has 0 bridgehead atoms. The van der Waals surface area contributed by atoms with Crippen LogP contribution in [0.25, 0.3) is 0 Å². The maximum atomic E-state index is 11.2. The average molecular weight is 201 g/mol. The molecule has 1 unspecified atom stereocenters. The predicted octanol–water partition coefficient (Wildman–Crippen LogP) is 1.33. The summed E-state index contributed by atoms with van der Waals surface area (Å²) in [5, 5.41) is 1.04. The first-order chi connectivity index (χ1) is 6.56. The van der Waals surface area contributed by atoms with Crippen LogP contribution in [0.1, 0.15) is 27.2 Å². The normalized spacial score (nSPS) is 21.3. The molecule has 0 aromatic carbocycles. The molecular formula is C9H15NO4. The van der Waals surface area contributed by atoms with E-state index in [1.165, 1.54) is 0 Å². The van der Waals surface area contributed by atoms with E-state index in [1.54, 1.807) is 6.92 Å². The van der Waals surface area contributed by atoms with Crippen molar-refractivity contribution in [2.24, 2.45) is 5.92 Å². The molecule has 80 valence electrons. The summed E-state index contributed by atoms with van der Waals surface area (Å²) in [6.45, 7) is 5.85. The van der Waals surface area contributed by atoms with Gasteiger partial charge in [0.25, 0.3) is 0 Å². The van der Waals surface area contributed by atoms with E-state index < -0.39 is 12.1 Å². The van der Waals surface area contributed by atoms with E-state index in [4.69, 9.17) is 9.57 Å². The van der Waals surface area contributed by atoms with Crippen LogP contribution in [0.15, 0.2) is 0 Å². The van der Waals surface area contributed by atoms with E-state index in [-0.39, 0.29) is 25.0 Å². The number of ether oxygens (including phenoxy) is 1. The second-order valence-corrected chi connectivity index (χ2v) is 3.53. The summed E-state index contributed by atoms with van der Waals surface area (Å²) in [6.07, 6.45) is -0.334. The predicted molar refractivity (Wildman–Crippen MR) is 48.2 cm³/mol. The quantitative estimate of drug-likeness (QED) is 0.691. The Kier molecular flexibility index (Phi) is 3.33. The molecule has 0 aromatic heterocycles. The van der Waals surface area contributed by atoms with E-state index in [9.17, 15) is 9.59 Å². The smallest absolute Gasteiger partial charge is 0.443 e. The lowest BCUT2D eigenvalue weighted by Crippen LogP contribution is -2.38. The monoisotopic (exact) mass is 201 g/mol. The van der Waals surface area contributed by atoms with Crippen LogP contribution in [-0.4, -0.2) is 29.8 Å². The lowest BCUT2D eigenvalue weighted by atomic mass is 10.1. The summed E-state index contributed by atoms with van der Waals surface area (Å²) in [7, 11) is 0. The van der Waals surface area contributed by atoms with Crippen LogP contribution in [0.5, 0.6) is 0 Å². The number of carbonyl (C=O) groups is 2. The fraction of sp³-hybridized carbons (Fsp3) is 0.778. The molecule has 1 heterocycles. The lowest BCUT2D eigenvalue weighted by molar-refractivity contribution is -0.182. The molecule has 1 aliphatic rings. The van der Waals surface area contributed by atoms with Crippen molar-refractivity contribution in [3.63, 3.8) is 0 Å². The fourth-order valence-electron chi connectivity index (χ4n) is 1.17. The third-order valence-electron chi connectivity index (χ3n) is 2.12. The molecule has 14 heavy (non-hydrogen) atoms. The van der Waals surface area contributed by atoms with Gasteiger partial charge in [-0.1, -0.05) is 20.8 Å². The lowest BCUT2D eigenvalue weighted by Gasteiger charge is -2.21. The minimum Gasteiger partial charge on any atom is -0.445 e. The van der Waals surface area contributed by atoms with Crippen LogP contribution in [0.3, 0.4) is 0 Å². The summed E-state index contributed by atoms with van der Waals surface area (Å²) in [4.78, 5) is 27.0. The highest BCUT2D eigenvalue weighted by Gasteiger charge is 2.38. The maximum absolute atomic E-state index is 11.2. The summed E-state index contributed by atoms with van der Waals surface area (Å²) >= 11 is 0. The van der Waals surface area contributed by atoms with Crippen molar-refractivity contribution in [1.82, 2.24) is 5.06 Å². The Morgan fingerprint density at radius 2 is 2.36 bits per heavy atom. The minimum absolute atomic E-state index is 0.169. The van der Waals surface area contributed by atoms with Gasteiger partial charge in [-0.3, -0.25) is 0 Å². The van der Waals surface area contributed by atoms with Crippen LogP contribution in [0.2, 0.25) is 0 Å². The number of carbonyl (C=O) groups excluding carboxylic acids is 2. The van der Waals surface area contributed by atoms with Gasteiger partial charge >= 0.3 is 12.1 Å². The second-order valence-electron chi connectivity index (χ2n) is 3.53. The van der Waals surface area contributed by atoms with E-state index in [1.807, 2.05) is 13.8 Å². The fourth-order valence-corrected chi connectivity index (χ4v) is 1.17. The van der Waals surface area contributed by atoms with Gasteiger partial charge in [-0.2, -0.15) is 0 Å². The molecule has 0 saturated carbocycles. The molecule has 1 amide bonds. The molecule has 0 N–H and O–H groups in total. The van der Waals surface area contributed by atoms with Crippen molar-refractivity contribution in [3.05, 3.63) is 0 Å². The van der Waals surface area contributed by atoms with E-state index in [0.29, 0.717) is 0 Å². The van der Waals surface area contributed by atoms with E-state index in [2.05, 4.69) is 0 Å². The zero-order valence-electron chi connectivity index (χ0n) is 8.65. The molecule has 5 nitrogen and oxygen atoms in total. The van der Waals surface area contributed by atoms with Crippen molar-refractivity contribution in [1.29, 1.82) is 0 Å². The molecule has 1 saturated heterocycles. The van der Waals surface area contributed by atoms with Crippen molar-refractivity contribution in [3.8, 4) is 0 Å². The zero-order chi connectivity index (χ0) is 10.7. The molecule has 0 aromatic rings. The number of hydroxylamine groups is 2. The van der Waals surface area contributed by atoms with Crippen LogP contribution >= 0.6 is 0 Å². The highest BCUT2D eigenvalue weighted by atomic mass is 16.8. The molecule has 0 aliphatic carbocycles. The number of hydrogen-bond acceptors (Lipinski definition) is 4. The molecule has 1 atom stereocenters. The topological polar surface area (TPSA) is 55.8 Å². The Hall–Kier alpha value is -1.26. The Bertz CT molecular complexity index is 239. The highest BCUT2D eigenvalue weighted by Crippen LogP contribution is 2.19. The Balaban J connectivity index is 2.62. The first kappa shape index (κ1) is 10.8. The van der Waals surface area contributed by atoms with Gasteiger partial charge in [-0.15, -0.1) is 5.06 Å². The van der Waals surface area contributed by atoms with Crippen LogP contribution in [0, 0.1) is 5.92 Å². The molecule has 1 fully saturated rings. The van der Waals surface area contributed by atoms with Crippen molar-refractivity contribution < 1.29 is 19.2 Å². The van der Waals surface area contributed by atoms with Crippen LogP contribution in [-0.2, 0) is 14.4 Å². The first-order valence-corrected chi connectivity index (χ1v) is 4.73. The summed E-state index contributed by atoms with van der Waals surface area (Å²) in [5.41, 5.74) is 0. The summed E-state index contributed by atoms with van der Waals surface area (Å²) in [5.74, 6) is -0.222. The van der Waals surface area contributed by atoms with Crippen LogP contribution < -0.4 is 0 Å². The van der Waals surface area contributed by atoms with Gasteiger partial charge in [0.1, 0.15) is 12.6 Å².